The summed E-state index contributed by atoms with van der Waals surface area (Å²) in [6.45, 7) is 6.26. The van der Waals surface area contributed by atoms with Crippen molar-refractivity contribution in [1.82, 2.24) is 10.2 Å². The molecule has 3 aliphatic rings. The van der Waals surface area contributed by atoms with E-state index in [0.717, 1.165) is 68.6 Å². The minimum atomic E-state index is -0.491. The van der Waals surface area contributed by atoms with Crippen molar-refractivity contribution in [2.45, 2.75) is 51.9 Å². The van der Waals surface area contributed by atoms with Crippen molar-refractivity contribution in [3.63, 3.8) is 0 Å². The van der Waals surface area contributed by atoms with E-state index in [0.29, 0.717) is 35.7 Å². The van der Waals surface area contributed by atoms with Gasteiger partial charge in [0, 0.05) is 41.7 Å². The minimum absolute atomic E-state index is 0.0261. The van der Waals surface area contributed by atoms with Crippen LogP contribution in [0.4, 0.5) is 15.8 Å². The van der Waals surface area contributed by atoms with Crippen LogP contribution in [-0.4, -0.2) is 62.5 Å². The van der Waals surface area contributed by atoms with Gasteiger partial charge in [-0.25, -0.2) is 4.39 Å². The minimum Gasteiger partial charge on any atom is -0.496 e. The van der Waals surface area contributed by atoms with Crippen molar-refractivity contribution < 1.29 is 23.5 Å². The van der Waals surface area contributed by atoms with Crippen LogP contribution >= 0.6 is 0 Å². The van der Waals surface area contributed by atoms with Gasteiger partial charge in [0.2, 0.25) is 5.91 Å². The maximum Gasteiger partial charge on any atom is 0.262 e. The number of likely N-dealkylation sites (tertiary alicyclic amines) is 1. The average Bonchev–Trinajstić information content (AvgIpc) is 3.72. The smallest absolute Gasteiger partial charge is 0.262 e. The molecule has 9 heteroatoms. The van der Waals surface area contributed by atoms with Crippen LogP contribution in [0.2, 0.25) is 0 Å². The van der Waals surface area contributed by atoms with Crippen molar-refractivity contribution >= 4 is 29.1 Å². The zero-order chi connectivity index (χ0) is 33.0. The predicted octanol–water partition coefficient (Wildman–Crippen LogP) is 6.30. The molecule has 3 amide bonds. The molecular weight excluding hydrogens is 595 g/mol. The summed E-state index contributed by atoms with van der Waals surface area (Å²) in [5, 5.41) is 5.94. The van der Waals surface area contributed by atoms with E-state index < -0.39 is 11.7 Å². The number of amides is 3. The SMILES string of the molecule is COc1cc(NC(=O)c2cc(F)ccc2C)ccc1C(=O)N1CCC2(C=C(C(=O)NCCCN3CCCC3)CC2)Cc2ccccc21. The van der Waals surface area contributed by atoms with E-state index in [2.05, 4.69) is 27.7 Å². The molecule has 0 bridgehead atoms. The third-order valence-electron chi connectivity index (χ3n) is 9.84. The monoisotopic (exact) mass is 638 g/mol. The molecule has 8 nitrogen and oxygen atoms in total. The number of aryl methyl sites for hydroxylation is 1. The standard InChI is InChI=1S/C38H43FN4O4/c1-26-10-11-29(39)22-32(26)36(45)41-30-12-13-31(34(23-30)47-2)37(46)43-21-16-38(24-27-8-3-4-9-33(27)43)15-14-28(25-38)35(44)40-17-7-20-42-18-5-6-19-42/h3-4,8-13,22-23,25H,5-7,14-21,24H2,1-2H3,(H,40,44)(H,41,45). The Balaban J connectivity index is 1.16. The number of halogens is 1. The lowest BCUT2D eigenvalue weighted by Gasteiger charge is -2.26. The normalized spacial score (nSPS) is 19.2. The van der Waals surface area contributed by atoms with Crippen LogP contribution in [-0.2, 0) is 11.2 Å². The molecule has 246 valence electrons. The number of carbonyl (C=O) groups excluding carboxylic acids is 3. The van der Waals surface area contributed by atoms with Crippen LogP contribution in [0, 0.1) is 18.2 Å². The first-order valence-corrected chi connectivity index (χ1v) is 16.6. The zero-order valence-electron chi connectivity index (χ0n) is 27.2. The number of ether oxygens (including phenoxy) is 1. The van der Waals surface area contributed by atoms with Crippen molar-refractivity contribution in [3.8, 4) is 5.75 Å². The molecule has 2 aliphatic heterocycles. The number of carbonyl (C=O) groups is 3. The molecule has 0 radical (unpaired) electrons. The molecule has 1 aliphatic carbocycles. The van der Waals surface area contributed by atoms with Crippen LogP contribution in [0.25, 0.3) is 0 Å². The Morgan fingerprint density at radius 2 is 1.74 bits per heavy atom. The predicted molar refractivity (Wildman–Crippen MR) is 182 cm³/mol. The van der Waals surface area contributed by atoms with Gasteiger partial charge in [0.1, 0.15) is 11.6 Å². The lowest BCUT2D eigenvalue weighted by Crippen LogP contribution is -2.33. The van der Waals surface area contributed by atoms with E-state index in [1.54, 1.807) is 36.1 Å². The van der Waals surface area contributed by atoms with Gasteiger partial charge < -0.3 is 25.2 Å². The highest BCUT2D eigenvalue weighted by atomic mass is 19.1. The Hall–Kier alpha value is -4.50. The second-order valence-electron chi connectivity index (χ2n) is 13.0. The number of anilines is 2. The van der Waals surface area contributed by atoms with Gasteiger partial charge in [-0.2, -0.15) is 0 Å². The second-order valence-corrected chi connectivity index (χ2v) is 13.0. The summed E-state index contributed by atoms with van der Waals surface area (Å²) in [5.74, 6) is -0.796. The molecule has 3 aromatic rings. The van der Waals surface area contributed by atoms with Crippen LogP contribution < -0.4 is 20.3 Å². The van der Waals surface area contributed by atoms with Crippen LogP contribution in [0.1, 0.15) is 70.4 Å². The lowest BCUT2D eigenvalue weighted by atomic mass is 9.79. The van der Waals surface area contributed by atoms with Gasteiger partial charge in [-0.05, 0) is 118 Å². The second kappa shape index (κ2) is 14.1. The van der Waals surface area contributed by atoms with E-state index in [1.165, 1.54) is 32.1 Å². The molecule has 0 saturated carbocycles. The highest BCUT2D eigenvalue weighted by Gasteiger charge is 2.39. The molecule has 1 unspecified atom stereocenters. The summed E-state index contributed by atoms with van der Waals surface area (Å²) < 4.78 is 19.4. The number of fused-ring (bicyclic) bond motifs is 1. The zero-order valence-corrected chi connectivity index (χ0v) is 27.2. The molecule has 0 aromatic heterocycles. The van der Waals surface area contributed by atoms with Gasteiger partial charge in [0.15, 0.2) is 0 Å². The summed E-state index contributed by atoms with van der Waals surface area (Å²) in [7, 11) is 1.49. The molecule has 3 aromatic carbocycles. The first kappa shape index (κ1) is 32.4. The van der Waals surface area contributed by atoms with E-state index in [1.807, 2.05) is 18.2 Å². The Labute approximate surface area is 276 Å². The third-order valence-corrected chi connectivity index (χ3v) is 9.84. The Bertz CT molecular complexity index is 1700. The van der Waals surface area contributed by atoms with Crippen molar-refractivity contribution in [2.75, 3.05) is 50.1 Å². The number of hydrogen-bond donors (Lipinski definition) is 2. The number of rotatable bonds is 9. The number of benzene rings is 3. The fourth-order valence-electron chi connectivity index (χ4n) is 7.22. The van der Waals surface area contributed by atoms with E-state index in [9.17, 15) is 18.8 Å². The summed E-state index contributed by atoms with van der Waals surface area (Å²) in [6, 6.07) is 17.0. The molecule has 2 heterocycles. The van der Waals surface area contributed by atoms with Gasteiger partial charge in [0.25, 0.3) is 11.8 Å². The fourth-order valence-corrected chi connectivity index (χ4v) is 7.22. The highest BCUT2D eigenvalue weighted by molar-refractivity contribution is 6.10. The summed E-state index contributed by atoms with van der Waals surface area (Å²) in [4.78, 5) is 44.5. The number of nitrogens with one attached hydrogen (secondary N) is 2. The van der Waals surface area contributed by atoms with E-state index >= 15 is 0 Å². The third kappa shape index (κ3) is 7.25. The first-order valence-electron chi connectivity index (χ1n) is 16.6. The van der Waals surface area contributed by atoms with Gasteiger partial charge in [-0.1, -0.05) is 30.3 Å². The van der Waals surface area contributed by atoms with Crippen molar-refractivity contribution in [1.29, 1.82) is 0 Å². The summed E-state index contributed by atoms with van der Waals surface area (Å²) >= 11 is 0. The van der Waals surface area contributed by atoms with Gasteiger partial charge >= 0.3 is 0 Å². The van der Waals surface area contributed by atoms with Crippen molar-refractivity contribution in [2.24, 2.45) is 5.41 Å². The maximum atomic E-state index is 14.2. The topological polar surface area (TPSA) is 91.0 Å². The van der Waals surface area contributed by atoms with Gasteiger partial charge in [0.05, 0.1) is 12.7 Å². The molecular formula is C38H43FN4O4. The molecule has 6 rings (SSSR count). The molecule has 47 heavy (non-hydrogen) atoms. The van der Waals surface area contributed by atoms with Gasteiger partial charge in [-0.3, -0.25) is 14.4 Å². The molecule has 2 N–H and O–H groups in total. The van der Waals surface area contributed by atoms with Crippen LogP contribution in [0.15, 0.2) is 72.3 Å². The quantitative estimate of drug-likeness (QED) is 0.269. The average molecular weight is 639 g/mol. The maximum absolute atomic E-state index is 14.2. The Kier molecular flexibility index (Phi) is 9.73. The molecule has 1 spiro atoms. The number of hydrogen-bond acceptors (Lipinski definition) is 5. The molecule has 1 saturated heterocycles. The van der Waals surface area contributed by atoms with Crippen LogP contribution in [0.5, 0.6) is 5.75 Å². The Morgan fingerprint density at radius 1 is 0.936 bits per heavy atom. The summed E-state index contributed by atoms with van der Waals surface area (Å²) in [6.07, 6.45) is 8.73. The van der Waals surface area contributed by atoms with Crippen LogP contribution in [0.3, 0.4) is 0 Å². The number of nitrogens with zero attached hydrogens (tertiary/aromatic N) is 2. The van der Waals surface area contributed by atoms with E-state index in [4.69, 9.17) is 4.74 Å². The Morgan fingerprint density at radius 3 is 2.55 bits per heavy atom. The van der Waals surface area contributed by atoms with E-state index in [-0.39, 0.29) is 22.8 Å². The molecule has 1 fully saturated rings. The number of para-hydroxylation sites is 1. The molecule has 1 atom stereocenters. The fraction of sp³-hybridized carbons (Fsp3) is 0.395. The first-order chi connectivity index (χ1) is 22.7. The van der Waals surface area contributed by atoms with Crippen molar-refractivity contribution in [3.05, 3.63) is 100 Å². The number of allylic oxidation sites excluding steroid dienone is 1. The highest BCUT2D eigenvalue weighted by Crippen LogP contribution is 2.46. The lowest BCUT2D eigenvalue weighted by molar-refractivity contribution is -0.117. The largest absolute Gasteiger partial charge is 0.496 e. The number of methoxy groups -OCH3 is 1. The van der Waals surface area contributed by atoms with Gasteiger partial charge in [-0.15, -0.1) is 0 Å². The summed E-state index contributed by atoms with van der Waals surface area (Å²) in [5.41, 5.74) is 4.24.